The predicted octanol–water partition coefficient (Wildman–Crippen LogP) is 11.1. The van der Waals surface area contributed by atoms with Crippen molar-refractivity contribution < 1.29 is 9.53 Å². The van der Waals surface area contributed by atoms with E-state index in [0.717, 1.165) is 41.5 Å². The molecule has 0 unspecified atom stereocenters. The maximum Gasteiger partial charge on any atom is 0.323 e. The molecule has 6 heteroatoms. The third kappa shape index (κ3) is 12.7. The molecule has 0 fully saturated rings. The number of nitrogens with zero attached hydrogens (tertiary/aromatic N) is 1. The SMILES string of the molecule is CCCCCCCCCCCCCCOc1cc(NC(=O)Nc2ccc(CN3C=C(C)SC3)cc2)ccc1C(C)(C)C. The summed E-state index contributed by atoms with van der Waals surface area (Å²) >= 11 is 1.86. The van der Waals surface area contributed by atoms with E-state index in [2.05, 4.69) is 74.6 Å². The van der Waals surface area contributed by atoms with E-state index in [0.29, 0.717) is 6.61 Å². The molecule has 3 rings (SSSR count). The summed E-state index contributed by atoms with van der Waals surface area (Å²) in [5.74, 6) is 1.85. The van der Waals surface area contributed by atoms with Crippen LogP contribution in [0.5, 0.6) is 5.75 Å². The number of ether oxygens (including phenoxy) is 1. The fourth-order valence-electron chi connectivity index (χ4n) is 5.29. The summed E-state index contributed by atoms with van der Waals surface area (Å²) in [7, 11) is 0. The maximum atomic E-state index is 12.8. The molecule has 2 aromatic rings. The summed E-state index contributed by atoms with van der Waals surface area (Å²) in [6, 6.07) is 13.8. The summed E-state index contributed by atoms with van der Waals surface area (Å²) in [5.41, 5.74) is 3.84. The van der Waals surface area contributed by atoms with Gasteiger partial charge in [0.2, 0.25) is 0 Å². The van der Waals surface area contributed by atoms with Crippen molar-refractivity contribution in [2.75, 3.05) is 23.1 Å². The van der Waals surface area contributed by atoms with Crippen molar-refractivity contribution >= 4 is 29.2 Å². The summed E-state index contributed by atoms with van der Waals surface area (Å²) < 4.78 is 6.29. The van der Waals surface area contributed by atoms with Crippen LogP contribution in [0.2, 0.25) is 0 Å². The second-order valence-electron chi connectivity index (χ2n) is 12.7. The lowest BCUT2D eigenvalue weighted by Gasteiger charge is -2.23. The van der Waals surface area contributed by atoms with Crippen molar-refractivity contribution in [3.63, 3.8) is 0 Å². The molecule has 2 N–H and O–H groups in total. The van der Waals surface area contributed by atoms with Crippen LogP contribution in [0.15, 0.2) is 53.6 Å². The Morgan fingerprint density at radius 2 is 1.40 bits per heavy atom. The number of urea groups is 1. The highest BCUT2D eigenvalue weighted by Crippen LogP contribution is 2.34. The van der Waals surface area contributed by atoms with Crippen LogP contribution < -0.4 is 15.4 Å². The number of amides is 2. The van der Waals surface area contributed by atoms with Gasteiger partial charge in [-0.3, -0.25) is 0 Å². The number of unbranched alkanes of at least 4 members (excludes halogenated alkanes) is 11. The van der Waals surface area contributed by atoms with Crippen molar-refractivity contribution in [3.05, 3.63) is 64.7 Å². The predicted molar refractivity (Wildman–Crippen MR) is 183 cm³/mol. The third-order valence-electron chi connectivity index (χ3n) is 7.72. The average molecular weight is 594 g/mol. The van der Waals surface area contributed by atoms with Crippen LogP contribution in [-0.2, 0) is 12.0 Å². The molecule has 0 saturated heterocycles. The van der Waals surface area contributed by atoms with Gasteiger partial charge in [0, 0.05) is 30.2 Å². The van der Waals surface area contributed by atoms with E-state index >= 15 is 0 Å². The molecule has 0 atom stereocenters. The van der Waals surface area contributed by atoms with E-state index in [1.54, 1.807) is 0 Å². The topological polar surface area (TPSA) is 53.6 Å². The molecule has 0 aliphatic carbocycles. The van der Waals surface area contributed by atoms with Crippen molar-refractivity contribution in [1.29, 1.82) is 0 Å². The number of rotatable bonds is 18. The van der Waals surface area contributed by atoms with Gasteiger partial charge in [-0.2, -0.15) is 0 Å². The molecule has 42 heavy (non-hydrogen) atoms. The monoisotopic (exact) mass is 593 g/mol. The van der Waals surface area contributed by atoms with E-state index in [1.807, 2.05) is 36.0 Å². The molecule has 0 saturated carbocycles. The lowest BCUT2D eigenvalue weighted by molar-refractivity contribution is 0.262. The Bertz CT molecular complexity index is 1110. The van der Waals surface area contributed by atoms with Gasteiger partial charge in [-0.1, -0.05) is 117 Å². The largest absolute Gasteiger partial charge is 0.493 e. The Morgan fingerprint density at radius 1 is 0.833 bits per heavy atom. The number of carbonyl (C=O) groups excluding carboxylic acids is 1. The van der Waals surface area contributed by atoms with Crippen LogP contribution in [0, 0.1) is 0 Å². The highest BCUT2D eigenvalue weighted by atomic mass is 32.2. The van der Waals surface area contributed by atoms with E-state index in [4.69, 9.17) is 4.74 Å². The smallest absolute Gasteiger partial charge is 0.323 e. The molecular formula is C36H55N3O2S. The number of benzene rings is 2. The van der Waals surface area contributed by atoms with Crippen molar-refractivity contribution in [2.24, 2.45) is 0 Å². The normalized spacial score (nSPS) is 13.3. The first kappa shape index (κ1) is 33.9. The molecule has 5 nitrogen and oxygen atoms in total. The number of hydrogen-bond donors (Lipinski definition) is 2. The van der Waals surface area contributed by atoms with E-state index in [1.165, 1.54) is 81.1 Å². The Morgan fingerprint density at radius 3 is 1.98 bits per heavy atom. The van der Waals surface area contributed by atoms with Crippen LogP contribution in [0.3, 0.4) is 0 Å². The minimum absolute atomic E-state index is 0.0450. The fourth-order valence-corrected chi connectivity index (χ4v) is 6.05. The van der Waals surface area contributed by atoms with Gasteiger partial charge >= 0.3 is 6.03 Å². The van der Waals surface area contributed by atoms with E-state index < -0.39 is 0 Å². The van der Waals surface area contributed by atoms with Crippen LogP contribution in [-0.4, -0.2) is 23.4 Å². The van der Waals surface area contributed by atoms with Crippen molar-refractivity contribution in [3.8, 4) is 5.75 Å². The van der Waals surface area contributed by atoms with Crippen LogP contribution in [0.4, 0.5) is 16.2 Å². The first-order chi connectivity index (χ1) is 20.2. The van der Waals surface area contributed by atoms with E-state index in [9.17, 15) is 4.79 Å². The molecule has 1 heterocycles. The minimum Gasteiger partial charge on any atom is -0.493 e. The van der Waals surface area contributed by atoms with Crippen LogP contribution in [0.1, 0.15) is 123 Å². The van der Waals surface area contributed by atoms with Gasteiger partial charge in [0.15, 0.2) is 0 Å². The summed E-state index contributed by atoms with van der Waals surface area (Å²) in [4.78, 5) is 16.4. The summed E-state index contributed by atoms with van der Waals surface area (Å²) in [6.45, 7) is 12.6. The molecule has 232 valence electrons. The Kier molecular flexibility index (Phi) is 14.6. The highest BCUT2D eigenvalue weighted by molar-refractivity contribution is 8.03. The molecule has 1 aliphatic rings. The molecule has 2 amide bonds. The number of thioether (sulfide) groups is 1. The summed E-state index contributed by atoms with van der Waals surface area (Å²) in [6.07, 6.45) is 18.1. The zero-order valence-electron chi connectivity index (χ0n) is 26.9. The Hall–Kier alpha value is -2.60. The molecule has 0 aromatic heterocycles. The lowest BCUT2D eigenvalue weighted by atomic mass is 9.86. The molecule has 0 bridgehead atoms. The maximum absolute atomic E-state index is 12.8. The van der Waals surface area contributed by atoms with Crippen molar-refractivity contribution in [2.45, 2.75) is 124 Å². The van der Waals surface area contributed by atoms with Crippen LogP contribution >= 0.6 is 11.8 Å². The number of anilines is 2. The van der Waals surface area contributed by atoms with E-state index in [-0.39, 0.29) is 11.4 Å². The summed E-state index contributed by atoms with van der Waals surface area (Å²) in [5, 5.41) is 5.95. The minimum atomic E-state index is -0.257. The Labute approximate surface area is 260 Å². The number of allylic oxidation sites excluding steroid dienone is 1. The average Bonchev–Trinajstić information content (AvgIpc) is 3.36. The second-order valence-corrected chi connectivity index (χ2v) is 13.9. The first-order valence-corrected chi connectivity index (χ1v) is 17.2. The van der Waals surface area contributed by atoms with Crippen LogP contribution in [0.25, 0.3) is 0 Å². The zero-order valence-corrected chi connectivity index (χ0v) is 27.7. The number of carbonyl (C=O) groups is 1. The van der Waals surface area contributed by atoms with Gasteiger partial charge in [0.05, 0.1) is 12.5 Å². The van der Waals surface area contributed by atoms with Gasteiger partial charge in [-0.05, 0) is 53.0 Å². The molecule has 2 aromatic carbocycles. The quantitative estimate of drug-likeness (QED) is 0.169. The van der Waals surface area contributed by atoms with Crippen molar-refractivity contribution in [1.82, 2.24) is 4.90 Å². The highest BCUT2D eigenvalue weighted by Gasteiger charge is 2.20. The van der Waals surface area contributed by atoms with Gasteiger partial charge in [-0.25, -0.2) is 4.79 Å². The fraction of sp³-hybridized carbons (Fsp3) is 0.583. The lowest BCUT2D eigenvalue weighted by Crippen LogP contribution is -2.20. The van der Waals surface area contributed by atoms with Gasteiger partial charge in [-0.15, -0.1) is 11.8 Å². The Balaban J connectivity index is 1.40. The zero-order chi connectivity index (χ0) is 30.2. The number of nitrogens with one attached hydrogen (secondary N) is 2. The molecule has 1 aliphatic heterocycles. The van der Waals surface area contributed by atoms with Gasteiger partial charge in [0.1, 0.15) is 5.75 Å². The van der Waals surface area contributed by atoms with Gasteiger partial charge < -0.3 is 20.3 Å². The van der Waals surface area contributed by atoms with Gasteiger partial charge in [0.25, 0.3) is 0 Å². The third-order valence-corrected chi connectivity index (χ3v) is 8.74. The molecular weight excluding hydrogens is 538 g/mol. The molecule has 0 spiro atoms. The second kappa shape index (κ2) is 18.1. The first-order valence-electron chi connectivity index (χ1n) is 16.2. The standard InChI is InChI=1S/C36H55N3O2S/c1-6-7-8-9-10-11-12-13-14-15-16-17-24-41-34-25-32(22-23-33(34)36(3,4)5)38-35(40)37-31-20-18-30(19-21-31)27-39-26-29(2)42-28-39/h18-23,25-26H,6-17,24,27-28H2,1-5H3,(H2,37,38,40). The molecule has 0 radical (unpaired) electrons. The number of hydrogen-bond acceptors (Lipinski definition) is 4.